The van der Waals surface area contributed by atoms with Gasteiger partial charge in [0, 0.05) is 6.04 Å². The van der Waals surface area contributed by atoms with Crippen LogP contribution in [0.5, 0.6) is 0 Å². The van der Waals surface area contributed by atoms with Crippen molar-refractivity contribution in [2.45, 2.75) is 45.1 Å². The summed E-state index contributed by atoms with van der Waals surface area (Å²) >= 11 is 0. The van der Waals surface area contributed by atoms with Crippen molar-refractivity contribution in [3.05, 3.63) is 35.6 Å². The minimum Gasteiger partial charge on any atom is -0.313 e. The van der Waals surface area contributed by atoms with Gasteiger partial charge in [-0.1, -0.05) is 38.3 Å². The summed E-state index contributed by atoms with van der Waals surface area (Å²) in [5.74, 6) is 1.47. The molecule has 1 saturated carbocycles. The van der Waals surface area contributed by atoms with Crippen LogP contribution in [0.2, 0.25) is 0 Å². The lowest BCUT2D eigenvalue weighted by molar-refractivity contribution is 0.224. The summed E-state index contributed by atoms with van der Waals surface area (Å²) in [4.78, 5) is 0. The van der Waals surface area contributed by atoms with E-state index in [0.29, 0.717) is 12.0 Å². The Kier molecular flexibility index (Phi) is 4.76. The van der Waals surface area contributed by atoms with Crippen molar-refractivity contribution >= 4 is 0 Å². The number of hydrogen-bond donors (Lipinski definition) is 1. The number of nitrogens with one attached hydrogen (secondary N) is 1. The van der Waals surface area contributed by atoms with Gasteiger partial charge in [-0.3, -0.25) is 0 Å². The van der Waals surface area contributed by atoms with Gasteiger partial charge in [0.25, 0.3) is 0 Å². The maximum atomic E-state index is 13.0. The Bertz CT molecular complexity index is 352. The van der Waals surface area contributed by atoms with Gasteiger partial charge >= 0.3 is 0 Å². The van der Waals surface area contributed by atoms with Gasteiger partial charge in [-0.15, -0.1) is 0 Å². The Morgan fingerprint density at radius 2 is 1.78 bits per heavy atom. The SMILES string of the molecule is CCC1CCC(C(NC)c2ccc(F)cc2)CC1. The zero-order valence-corrected chi connectivity index (χ0v) is 11.5. The lowest BCUT2D eigenvalue weighted by Gasteiger charge is -2.33. The fourth-order valence-corrected chi connectivity index (χ4v) is 3.27. The van der Waals surface area contributed by atoms with Crippen LogP contribution in [0.4, 0.5) is 4.39 Å². The summed E-state index contributed by atoms with van der Waals surface area (Å²) in [5.41, 5.74) is 1.22. The van der Waals surface area contributed by atoms with Gasteiger partial charge in [0.15, 0.2) is 0 Å². The third-order valence-electron chi connectivity index (χ3n) is 4.48. The molecule has 0 saturated heterocycles. The van der Waals surface area contributed by atoms with Crippen molar-refractivity contribution in [1.82, 2.24) is 5.32 Å². The van der Waals surface area contributed by atoms with Crippen LogP contribution in [0, 0.1) is 17.7 Å². The van der Waals surface area contributed by atoms with Crippen molar-refractivity contribution in [2.75, 3.05) is 7.05 Å². The van der Waals surface area contributed by atoms with E-state index in [1.54, 1.807) is 12.1 Å². The number of hydrogen-bond acceptors (Lipinski definition) is 1. The van der Waals surface area contributed by atoms with Gasteiger partial charge in [-0.25, -0.2) is 4.39 Å². The molecule has 0 aromatic heterocycles. The normalized spacial score (nSPS) is 25.9. The molecule has 1 aliphatic rings. The highest BCUT2D eigenvalue weighted by atomic mass is 19.1. The van der Waals surface area contributed by atoms with E-state index < -0.39 is 0 Å². The van der Waals surface area contributed by atoms with Crippen molar-refractivity contribution in [3.8, 4) is 0 Å². The first kappa shape index (κ1) is 13.5. The molecule has 1 fully saturated rings. The summed E-state index contributed by atoms with van der Waals surface area (Å²) < 4.78 is 13.0. The first-order valence-corrected chi connectivity index (χ1v) is 7.17. The molecule has 18 heavy (non-hydrogen) atoms. The standard InChI is InChI=1S/C16H24FN/c1-3-12-4-6-13(7-5-12)16(18-2)14-8-10-15(17)11-9-14/h8-13,16,18H,3-7H2,1-2H3. The highest BCUT2D eigenvalue weighted by Gasteiger charge is 2.26. The maximum Gasteiger partial charge on any atom is 0.123 e. The van der Waals surface area contributed by atoms with Crippen LogP contribution in [0.3, 0.4) is 0 Å². The smallest absolute Gasteiger partial charge is 0.123 e. The fraction of sp³-hybridized carbons (Fsp3) is 0.625. The van der Waals surface area contributed by atoms with Gasteiger partial charge in [0.1, 0.15) is 5.82 Å². The van der Waals surface area contributed by atoms with Gasteiger partial charge in [0.2, 0.25) is 0 Å². The van der Waals surface area contributed by atoms with Gasteiger partial charge in [-0.2, -0.15) is 0 Å². The van der Waals surface area contributed by atoms with E-state index in [1.807, 2.05) is 19.2 Å². The molecule has 1 unspecified atom stereocenters. The average Bonchev–Trinajstić information content (AvgIpc) is 2.42. The van der Waals surface area contributed by atoms with E-state index in [2.05, 4.69) is 12.2 Å². The zero-order valence-electron chi connectivity index (χ0n) is 11.5. The minimum absolute atomic E-state index is 0.150. The molecule has 0 spiro atoms. The first-order chi connectivity index (χ1) is 8.74. The highest BCUT2D eigenvalue weighted by molar-refractivity contribution is 5.20. The minimum atomic E-state index is -0.150. The highest BCUT2D eigenvalue weighted by Crippen LogP contribution is 2.37. The maximum absolute atomic E-state index is 13.0. The molecule has 1 atom stereocenters. The molecule has 0 heterocycles. The van der Waals surface area contributed by atoms with Crippen LogP contribution >= 0.6 is 0 Å². The van der Waals surface area contributed by atoms with Crippen molar-refractivity contribution in [2.24, 2.45) is 11.8 Å². The molecule has 0 aliphatic heterocycles. The summed E-state index contributed by atoms with van der Waals surface area (Å²) in [6, 6.07) is 7.35. The van der Waals surface area contributed by atoms with Crippen LogP contribution < -0.4 is 5.32 Å². The van der Waals surface area contributed by atoms with Crippen LogP contribution in [0.15, 0.2) is 24.3 Å². The van der Waals surface area contributed by atoms with E-state index in [9.17, 15) is 4.39 Å². The molecule has 2 heteroatoms. The van der Waals surface area contributed by atoms with Crippen LogP contribution in [0.1, 0.15) is 50.6 Å². The predicted octanol–water partition coefficient (Wildman–Crippen LogP) is 4.30. The molecular formula is C16H24FN. The number of halogens is 1. The van der Waals surface area contributed by atoms with Gasteiger partial charge in [-0.05, 0) is 49.4 Å². The largest absolute Gasteiger partial charge is 0.313 e. The molecule has 2 rings (SSSR count). The lowest BCUT2D eigenvalue weighted by Crippen LogP contribution is -2.28. The Labute approximate surface area is 110 Å². The van der Waals surface area contributed by atoms with Crippen LogP contribution in [0.25, 0.3) is 0 Å². The molecule has 1 nitrogen and oxygen atoms in total. The van der Waals surface area contributed by atoms with E-state index in [-0.39, 0.29) is 5.82 Å². The van der Waals surface area contributed by atoms with Crippen molar-refractivity contribution < 1.29 is 4.39 Å². The molecule has 0 amide bonds. The van der Waals surface area contributed by atoms with E-state index in [0.717, 1.165) is 5.92 Å². The lowest BCUT2D eigenvalue weighted by atomic mass is 9.76. The molecule has 0 radical (unpaired) electrons. The van der Waals surface area contributed by atoms with Gasteiger partial charge < -0.3 is 5.32 Å². The Morgan fingerprint density at radius 3 is 2.28 bits per heavy atom. The second-order valence-corrected chi connectivity index (χ2v) is 5.51. The molecule has 100 valence electrons. The van der Waals surface area contributed by atoms with E-state index in [1.165, 1.54) is 37.7 Å². The third kappa shape index (κ3) is 3.11. The molecule has 1 aliphatic carbocycles. The third-order valence-corrected chi connectivity index (χ3v) is 4.48. The Morgan fingerprint density at radius 1 is 1.17 bits per heavy atom. The molecule has 1 aromatic rings. The van der Waals surface area contributed by atoms with Crippen molar-refractivity contribution in [1.29, 1.82) is 0 Å². The number of rotatable bonds is 4. The summed E-state index contributed by atoms with van der Waals surface area (Å²) in [7, 11) is 2.01. The Hall–Kier alpha value is -0.890. The molecule has 1 aromatic carbocycles. The van der Waals surface area contributed by atoms with E-state index >= 15 is 0 Å². The summed E-state index contributed by atoms with van der Waals surface area (Å²) in [6.07, 6.45) is 6.59. The summed E-state index contributed by atoms with van der Waals surface area (Å²) in [5, 5.41) is 3.42. The molecule has 0 bridgehead atoms. The second-order valence-electron chi connectivity index (χ2n) is 5.51. The molecule has 1 N–H and O–H groups in total. The monoisotopic (exact) mass is 249 g/mol. The van der Waals surface area contributed by atoms with Crippen LogP contribution in [-0.4, -0.2) is 7.05 Å². The summed E-state index contributed by atoms with van der Waals surface area (Å²) in [6.45, 7) is 2.29. The predicted molar refractivity (Wildman–Crippen MR) is 73.9 cm³/mol. The average molecular weight is 249 g/mol. The number of benzene rings is 1. The zero-order chi connectivity index (χ0) is 13.0. The molecular weight excluding hydrogens is 225 g/mol. The van der Waals surface area contributed by atoms with E-state index in [4.69, 9.17) is 0 Å². The van der Waals surface area contributed by atoms with Crippen molar-refractivity contribution in [3.63, 3.8) is 0 Å². The van der Waals surface area contributed by atoms with Crippen LogP contribution in [-0.2, 0) is 0 Å². The topological polar surface area (TPSA) is 12.0 Å². The Balaban J connectivity index is 2.03. The first-order valence-electron chi connectivity index (χ1n) is 7.17. The fourth-order valence-electron chi connectivity index (χ4n) is 3.27. The van der Waals surface area contributed by atoms with Gasteiger partial charge in [0.05, 0.1) is 0 Å². The quantitative estimate of drug-likeness (QED) is 0.838. The second kappa shape index (κ2) is 6.33.